The van der Waals surface area contributed by atoms with Crippen molar-refractivity contribution < 1.29 is 5.11 Å². The van der Waals surface area contributed by atoms with Crippen molar-refractivity contribution in [1.82, 2.24) is 0 Å². The van der Waals surface area contributed by atoms with Gasteiger partial charge in [0.15, 0.2) is 0 Å². The maximum atomic E-state index is 9.62. The molecule has 0 fully saturated rings. The molecule has 0 radical (unpaired) electrons. The Morgan fingerprint density at radius 3 is 2.24 bits per heavy atom. The number of aliphatic hydroxyl groups is 1. The maximum absolute atomic E-state index is 9.62. The third-order valence-electron chi connectivity index (χ3n) is 3.63. The highest BCUT2D eigenvalue weighted by atomic mass is 16.3. The molecule has 3 nitrogen and oxygen atoms in total. The van der Waals surface area contributed by atoms with E-state index in [2.05, 4.69) is 12.1 Å². The summed E-state index contributed by atoms with van der Waals surface area (Å²) >= 11 is 0. The summed E-state index contributed by atoms with van der Waals surface area (Å²) in [6.07, 6.45) is 0.488. The van der Waals surface area contributed by atoms with E-state index in [0.717, 1.165) is 11.1 Å². The lowest BCUT2D eigenvalue weighted by molar-refractivity contribution is 0.272. The van der Waals surface area contributed by atoms with E-state index in [-0.39, 0.29) is 12.5 Å². The SMILES string of the molecule is N#Cc1ccccc1C(C#N)C(CCO)c1ccccc1. The summed E-state index contributed by atoms with van der Waals surface area (Å²) in [4.78, 5) is 0. The number of nitrogens with zero attached hydrogens (tertiary/aromatic N) is 2. The molecule has 0 bridgehead atoms. The van der Waals surface area contributed by atoms with E-state index in [9.17, 15) is 15.6 Å². The monoisotopic (exact) mass is 276 g/mol. The van der Waals surface area contributed by atoms with E-state index < -0.39 is 5.92 Å². The molecule has 2 unspecified atom stereocenters. The molecular formula is C18H16N2O. The van der Waals surface area contributed by atoms with Crippen molar-refractivity contribution in [1.29, 1.82) is 10.5 Å². The lowest BCUT2D eigenvalue weighted by atomic mass is 9.79. The van der Waals surface area contributed by atoms with Gasteiger partial charge in [-0.3, -0.25) is 0 Å². The molecule has 0 spiro atoms. The molecule has 0 amide bonds. The topological polar surface area (TPSA) is 67.8 Å². The Kier molecular flexibility index (Phi) is 5.10. The van der Waals surface area contributed by atoms with Gasteiger partial charge in [-0.2, -0.15) is 10.5 Å². The molecule has 3 heteroatoms. The Hall–Kier alpha value is -2.62. The fourth-order valence-corrected chi connectivity index (χ4v) is 2.61. The predicted molar refractivity (Wildman–Crippen MR) is 80.4 cm³/mol. The minimum atomic E-state index is -0.449. The molecule has 0 aliphatic heterocycles. The third-order valence-corrected chi connectivity index (χ3v) is 3.63. The number of aliphatic hydroxyl groups excluding tert-OH is 1. The molecule has 2 atom stereocenters. The highest BCUT2D eigenvalue weighted by Gasteiger charge is 2.26. The summed E-state index contributed by atoms with van der Waals surface area (Å²) in [5, 5.41) is 28.2. The van der Waals surface area contributed by atoms with Crippen molar-refractivity contribution in [3.8, 4) is 12.1 Å². The summed E-state index contributed by atoms with van der Waals surface area (Å²) in [6, 6.07) is 21.3. The van der Waals surface area contributed by atoms with Crippen LogP contribution in [0.2, 0.25) is 0 Å². The van der Waals surface area contributed by atoms with Crippen molar-refractivity contribution in [3.05, 3.63) is 71.3 Å². The van der Waals surface area contributed by atoms with Crippen LogP contribution in [0.4, 0.5) is 0 Å². The first-order chi connectivity index (χ1) is 10.3. The van der Waals surface area contributed by atoms with Crippen LogP contribution < -0.4 is 0 Å². The largest absolute Gasteiger partial charge is 0.396 e. The van der Waals surface area contributed by atoms with Crippen molar-refractivity contribution >= 4 is 0 Å². The summed E-state index contributed by atoms with van der Waals surface area (Å²) in [5.41, 5.74) is 2.25. The van der Waals surface area contributed by atoms with Gasteiger partial charge in [0, 0.05) is 12.5 Å². The lowest BCUT2D eigenvalue weighted by Crippen LogP contribution is -2.13. The van der Waals surface area contributed by atoms with E-state index in [1.807, 2.05) is 42.5 Å². The molecule has 0 saturated heterocycles. The van der Waals surface area contributed by atoms with E-state index in [1.54, 1.807) is 12.1 Å². The zero-order chi connectivity index (χ0) is 15.1. The summed E-state index contributed by atoms with van der Waals surface area (Å²) in [5.74, 6) is -0.578. The second kappa shape index (κ2) is 7.24. The van der Waals surface area contributed by atoms with Gasteiger partial charge in [0.2, 0.25) is 0 Å². The van der Waals surface area contributed by atoms with Crippen molar-refractivity contribution in [2.45, 2.75) is 18.3 Å². The minimum Gasteiger partial charge on any atom is -0.396 e. The average Bonchev–Trinajstić information content (AvgIpc) is 2.56. The molecule has 2 aromatic rings. The van der Waals surface area contributed by atoms with E-state index in [0.29, 0.717) is 12.0 Å². The summed E-state index contributed by atoms with van der Waals surface area (Å²) in [6.45, 7) is 0.00641. The fourth-order valence-electron chi connectivity index (χ4n) is 2.61. The highest BCUT2D eigenvalue weighted by Crippen LogP contribution is 2.36. The highest BCUT2D eigenvalue weighted by molar-refractivity contribution is 5.44. The molecule has 0 heterocycles. The van der Waals surface area contributed by atoms with E-state index in [1.165, 1.54) is 0 Å². The Balaban J connectivity index is 2.47. The third kappa shape index (κ3) is 3.28. The van der Waals surface area contributed by atoms with Crippen LogP contribution in [0.1, 0.15) is 34.9 Å². The van der Waals surface area contributed by atoms with Crippen LogP contribution in [0, 0.1) is 22.7 Å². The minimum absolute atomic E-state index is 0.00641. The molecule has 0 aromatic heterocycles. The van der Waals surface area contributed by atoms with Crippen molar-refractivity contribution in [2.24, 2.45) is 0 Å². The van der Waals surface area contributed by atoms with Crippen LogP contribution >= 0.6 is 0 Å². The summed E-state index contributed by atoms with van der Waals surface area (Å²) in [7, 11) is 0. The predicted octanol–water partition coefficient (Wildman–Crippen LogP) is 3.33. The van der Waals surface area contributed by atoms with Crippen LogP contribution in [0.15, 0.2) is 54.6 Å². The van der Waals surface area contributed by atoms with Crippen LogP contribution in [0.3, 0.4) is 0 Å². The van der Waals surface area contributed by atoms with Gasteiger partial charge >= 0.3 is 0 Å². The van der Waals surface area contributed by atoms with Gasteiger partial charge in [0.1, 0.15) is 0 Å². The molecule has 0 aliphatic rings. The lowest BCUT2D eigenvalue weighted by Gasteiger charge is -2.23. The Morgan fingerprint density at radius 2 is 1.62 bits per heavy atom. The van der Waals surface area contributed by atoms with Crippen LogP contribution in [-0.4, -0.2) is 11.7 Å². The second-order valence-corrected chi connectivity index (χ2v) is 4.84. The first-order valence-electron chi connectivity index (χ1n) is 6.86. The smallest absolute Gasteiger partial charge is 0.0995 e. The normalized spacial score (nSPS) is 12.9. The number of rotatable bonds is 5. The van der Waals surface area contributed by atoms with Crippen molar-refractivity contribution in [2.75, 3.05) is 6.61 Å². The summed E-state index contributed by atoms with van der Waals surface area (Å²) < 4.78 is 0. The molecule has 1 N–H and O–H groups in total. The molecule has 104 valence electrons. The first kappa shape index (κ1) is 14.8. The molecule has 2 rings (SSSR count). The van der Waals surface area contributed by atoms with Gasteiger partial charge in [0.25, 0.3) is 0 Å². The van der Waals surface area contributed by atoms with Gasteiger partial charge in [-0.05, 0) is 23.6 Å². The average molecular weight is 276 g/mol. The first-order valence-corrected chi connectivity index (χ1v) is 6.86. The van der Waals surface area contributed by atoms with Gasteiger partial charge in [-0.25, -0.2) is 0 Å². The number of hydrogen-bond donors (Lipinski definition) is 1. The molecular weight excluding hydrogens is 260 g/mol. The zero-order valence-electron chi connectivity index (χ0n) is 11.6. The second-order valence-electron chi connectivity index (χ2n) is 4.84. The maximum Gasteiger partial charge on any atom is 0.0995 e. The molecule has 0 aliphatic carbocycles. The van der Waals surface area contributed by atoms with Gasteiger partial charge in [0.05, 0.1) is 23.6 Å². The number of hydrogen-bond acceptors (Lipinski definition) is 3. The fraction of sp³-hybridized carbons (Fsp3) is 0.222. The standard InChI is InChI=1S/C18H16N2O/c19-12-15-8-4-5-9-16(15)18(13-20)17(10-11-21)14-6-2-1-3-7-14/h1-9,17-18,21H,10-11H2. The molecule has 21 heavy (non-hydrogen) atoms. The quantitative estimate of drug-likeness (QED) is 0.910. The number of benzene rings is 2. The van der Waals surface area contributed by atoms with Gasteiger partial charge in [-0.1, -0.05) is 48.5 Å². The zero-order valence-corrected chi connectivity index (χ0v) is 11.6. The van der Waals surface area contributed by atoms with Crippen molar-refractivity contribution in [3.63, 3.8) is 0 Å². The molecule has 0 saturated carbocycles. The Labute approximate surface area is 124 Å². The van der Waals surface area contributed by atoms with Gasteiger partial charge in [-0.15, -0.1) is 0 Å². The molecule has 2 aromatic carbocycles. The van der Waals surface area contributed by atoms with E-state index >= 15 is 0 Å². The van der Waals surface area contributed by atoms with Crippen LogP contribution in [0.5, 0.6) is 0 Å². The Morgan fingerprint density at radius 1 is 0.952 bits per heavy atom. The van der Waals surface area contributed by atoms with Crippen LogP contribution in [-0.2, 0) is 0 Å². The number of nitriles is 2. The Bertz CT molecular complexity index is 668. The van der Waals surface area contributed by atoms with E-state index in [4.69, 9.17) is 0 Å². The van der Waals surface area contributed by atoms with Gasteiger partial charge < -0.3 is 5.11 Å². The van der Waals surface area contributed by atoms with Crippen LogP contribution in [0.25, 0.3) is 0 Å².